The molecule has 0 saturated carbocycles. The molecule has 0 aliphatic heterocycles. The molecule has 1 aromatic rings. The Morgan fingerprint density at radius 2 is 1.62 bits per heavy atom. The van der Waals surface area contributed by atoms with Gasteiger partial charge in [0.25, 0.3) is 0 Å². The molecular formula is C8H13NO3S. The fourth-order valence-corrected chi connectivity index (χ4v) is 0.485. The fraction of sp³-hybridized carbons (Fsp3) is 0.375. The highest BCUT2D eigenvalue weighted by Gasteiger charge is 1.80. The van der Waals surface area contributed by atoms with Crippen LogP contribution in [0.2, 0.25) is 0 Å². The zero-order valence-corrected chi connectivity index (χ0v) is 8.49. The summed E-state index contributed by atoms with van der Waals surface area (Å²) in [5.74, 6) is -0.312. The average Bonchev–Trinajstić information content (AvgIpc) is 2.06. The Balaban J connectivity index is 0.000000226. The zero-order valence-electron chi connectivity index (χ0n) is 7.67. The minimum absolute atomic E-state index is 0.312. The van der Waals surface area contributed by atoms with Crippen LogP contribution < -0.4 is 4.57 Å². The van der Waals surface area contributed by atoms with Crippen LogP contribution in [0.3, 0.4) is 0 Å². The fourth-order valence-electron chi connectivity index (χ4n) is 0.485. The number of nitrogens with zero attached hydrogens (tertiary/aromatic N) is 1. The summed E-state index contributed by atoms with van der Waals surface area (Å²) in [6.45, 7) is 1.31. The molecular weight excluding hydrogens is 190 g/mol. The predicted molar refractivity (Wildman–Crippen MR) is 47.9 cm³/mol. The van der Waals surface area contributed by atoms with Crippen molar-refractivity contribution in [3.63, 3.8) is 0 Å². The van der Waals surface area contributed by atoms with Crippen molar-refractivity contribution in [2.45, 2.75) is 6.92 Å². The molecule has 0 saturated heterocycles. The van der Waals surface area contributed by atoms with Crippen molar-refractivity contribution < 1.29 is 17.5 Å². The summed E-state index contributed by atoms with van der Waals surface area (Å²) in [5.41, 5.74) is 0. The van der Waals surface area contributed by atoms with E-state index in [0.29, 0.717) is 0 Å². The quantitative estimate of drug-likeness (QED) is 0.479. The van der Waals surface area contributed by atoms with Crippen LogP contribution >= 0.6 is 0 Å². The van der Waals surface area contributed by atoms with Gasteiger partial charge in [0.05, 0.1) is 10.1 Å². The van der Waals surface area contributed by atoms with Gasteiger partial charge in [0.2, 0.25) is 0 Å². The van der Waals surface area contributed by atoms with Gasteiger partial charge in [-0.3, -0.25) is 0 Å². The highest BCUT2D eigenvalue weighted by atomic mass is 32.2. The zero-order chi connectivity index (χ0) is 10.3. The summed E-state index contributed by atoms with van der Waals surface area (Å²) < 4.78 is 30.3. The number of aryl methyl sites for hydroxylation is 1. The van der Waals surface area contributed by atoms with Crippen LogP contribution in [0.5, 0.6) is 0 Å². The van der Waals surface area contributed by atoms with Gasteiger partial charge in [0.1, 0.15) is 7.05 Å². The molecule has 0 fully saturated rings. The number of hydrogen-bond acceptors (Lipinski definition) is 3. The summed E-state index contributed by atoms with van der Waals surface area (Å²) in [5, 5.41) is 0. The molecule has 0 spiro atoms. The van der Waals surface area contributed by atoms with E-state index < -0.39 is 10.1 Å². The normalized spacial score (nSPS) is 10.1. The van der Waals surface area contributed by atoms with Gasteiger partial charge in [-0.2, -0.15) is 0 Å². The number of aromatic nitrogens is 1. The highest BCUT2D eigenvalue weighted by molar-refractivity contribution is 7.85. The number of pyridine rings is 1. The molecule has 1 heterocycles. The Hall–Kier alpha value is -0.940. The molecule has 0 aromatic carbocycles. The minimum atomic E-state index is -3.91. The molecule has 0 atom stereocenters. The lowest BCUT2D eigenvalue weighted by molar-refractivity contribution is -0.671. The van der Waals surface area contributed by atoms with Gasteiger partial charge < -0.3 is 4.55 Å². The summed E-state index contributed by atoms with van der Waals surface area (Å²) in [4.78, 5) is 0. The molecule has 13 heavy (non-hydrogen) atoms. The summed E-state index contributed by atoms with van der Waals surface area (Å²) in [6.07, 6.45) is 4.00. The molecule has 0 amide bonds. The van der Waals surface area contributed by atoms with Gasteiger partial charge in [0.15, 0.2) is 12.4 Å². The van der Waals surface area contributed by atoms with Gasteiger partial charge in [0, 0.05) is 17.9 Å². The maximum absolute atomic E-state index is 9.44. The van der Waals surface area contributed by atoms with E-state index in [1.807, 2.05) is 42.2 Å². The lowest BCUT2D eigenvalue weighted by atomic mass is 10.5. The van der Waals surface area contributed by atoms with E-state index >= 15 is 0 Å². The second-order valence-electron chi connectivity index (χ2n) is 2.39. The predicted octanol–water partition coefficient (Wildman–Crippen LogP) is 0.0626. The molecule has 5 heteroatoms. The van der Waals surface area contributed by atoms with Crippen LogP contribution in [-0.4, -0.2) is 18.7 Å². The third-order valence-corrected chi connectivity index (χ3v) is 1.93. The molecule has 4 nitrogen and oxygen atoms in total. The van der Waals surface area contributed by atoms with Crippen molar-refractivity contribution in [3.8, 4) is 0 Å². The molecule has 0 radical (unpaired) electrons. The maximum Gasteiger partial charge on any atom is 0.168 e. The third-order valence-electron chi connectivity index (χ3n) is 1.22. The van der Waals surface area contributed by atoms with E-state index in [2.05, 4.69) is 0 Å². The van der Waals surface area contributed by atoms with Crippen molar-refractivity contribution >= 4 is 10.1 Å². The lowest BCUT2D eigenvalue weighted by Crippen LogP contribution is -2.25. The Bertz CT molecular complexity index is 321. The van der Waals surface area contributed by atoms with E-state index in [1.54, 1.807) is 0 Å². The van der Waals surface area contributed by atoms with Crippen LogP contribution in [0.25, 0.3) is 0 Å². The molecule has 0 aliphatic carbocycles. The van der Waals surface area contributed by atoms with Crippen molar-refractivity contribution in [1.29, 1.82) is 0 Å². The average molecular weight is 203 g/mol. The molecule has 0 bridgehead atoms. The molecule has 74 valence electrons. The first kappa shape index (κ1) is 12.1. The first-order valence-electron chi connectivity index (χ1n) is 3.79. The van der Waals surface area contributed by atoms with Crippen molar-refractivity contribution in [1.82, 2.24) is 0 Å². The first-order chi connectivity index (χ1) is 5.95. The van der Waals surface area contributed by atoms with Crippen LogP contribution in [0, 0.1) is 0 Å². The monoisotopic (exact) mass is 203 g/mol. The summed E-state index contributed by atoms with van der Waals surface area (Å²) in [7, 11) is -1.91. The van der Waals surface area contributed by atoms with Gasteiger partial charge in [-0.25, -0.2) is 13.0 Å². The summed E-state index contributed by atoms with van der Waals surface area (Å²) >= 11 is 0. The molecule has 0 N–H and O–H groups in total. The standard InChI is InChI=1S/C6H8N.C2H6O3S/c1-7-5-3-2-4-6-7;1-2-6(3,4)5/h2-6H,1H3;2H2,1H3,(H,3,4,5)/q+1;/p-1. The van der Waals surface area contributed by atoms with Crippen molar-refractivity contribution in [2.75, 3.05) is 5.75 Å². The molecule has 0 aliphatic rings. The Morgan fingerprint density at radius 3 is 1.77 bits per heavy atom. The molecule has 1 rings (SSSR count). The van der Waals surface area contributed by atoms with Crippen LogP contribution in [0.1, 0.15) is 6.92 Å². The molecule has 1 aromatic heterocycles. The van der Waals surface area contributed by atoms with Crippen molar-refractivity contribution in [3.05, 3.63) is 30.6 Å². The topological polar surface area (TPSA) is 61.1 Å². The van der Waals surface area contributed by atoms with E-state index in [4.69, 9.17) is 0 Å². The van der Waals surface area contributed by atoms with Gasteiger partial charge in [-0.15, -0.1) is 0 Å². The van der Waals surface area contributed by atoms with Crippen LogP contribution in [0.15, 0.2) is 30.6 Å². The first-order valence-corrected chi connectivity index (χ1v) is 5.37. The Kier molecular flexibility index (Phi) is 5.25. The van der Waals surface area contributed by atoms with E-state index in [0.717, 1.165) is 0 Å². The van der Waals surface area contributed by atoms with E-state index in [1.165, 1.54) is 6.92 Å². The largest absolute Gasteiger partial charge is 0.748 e. The van der Waals surface area contributed by atoms with Crippen molar-refractivity contribution in [2.24, 2.45) is 7.05 Å². The second-order valence-corrected chi connectivity index (χ2v) is 4.08. The number of rotatable bonds is 1. The summed E-state index contributed by atoms with van der Waals surface area (Å²) in [6, 6.07) is 6.00. The SMILES string of the molecule is CCS(=O)(=O)[O-].C[n+]1ccccc1. The Morgan fingerprint density at radius 1 is 1.23 bits per heavy atom. The minimum Gasteiger partial charge on any atom is -0.748 e. The van der Waals surface area contributed by atoms with Gasteiger partial charge in [-0.05, 0) is 0 Å². The van der Waals surface area contributed by atoms with Crippen LogP contribution in [-0.2, 0) is 17.2 Å². The lowest BCUT2D eigenvalue weighted by Gasteiger charge is -1.97. The number of hydrogen-bond donors (Lipinski definition) is 0. The molecule has 0 unspecified atom stereocenters. The van der Waals surface area contributed by atoms with E-state index in [-0.39, 0.29) is 5.75 Å². The van der Waals surface area contributed by atoms with Crippen LogP contribution in [0.4, 0.5) is 0 Å². The van der Waals surface area contributed by atoms with E-state index in [9.17, 15) is 13.0 Å². The van der Waals surface area contributed by atoms with Gasteiger partial charge >= 0.3 is 0 Å². The Labute approximate surface area is 78.6 Å². The van der Waals surface area contributed by atoms with Gasteiger partial charge in [-0.1, -0.05) is 13.0 Å². The highest BCUT2D eigenvalue weighted by Crippen LogP contribution is 1.74. The maximum atomic E-state index is 9.44. The third kappa shape index (κ3) is 8.97. The second kappa shape index (κ2) is 5.66. The smallest absolute Gasteiger partial charge is 0.168 e.